The van der Waals surface area contributed by atoms with Gasteiger partial charge in [-0.1, -0.05) is 23.9 Å². The van der Waals surface area contributed by atoms with Crippen LogP contribution in [0.1, 0.15) is 48.6 Å². The van der Waals surface area contributed by atoms with Crippen molar-refractivity contribution in [2.75, 3.05) is 5.75 Å². The van der Waals surface area contributed by atoms with Crippen LogP contribution in [0, 0.1) is 32.8 Å². The lowest BCUT2D eigenvalue weighted by Gasteiger charge is -2.28. The lowest BCUT2D eigenvalue weighted by atomic mass is 9.83. The van der Waals surface area contributed by atoms with Gasteiger partial charge in [-0.05, 0) is 50.3 Å². The molecule has 1 atom stereocenters. The Labute approximate surface area is 217 Å². The molecule has 188 valence electrons. The van der Waals surface area contributed by atoms with Crippen LogP contribution in [0.2, 0.25) is 0 Å². The van der Waals surface area contributed by atoms with Crippen molar-refractivity contribution in [1.82, 2.24) is 4.98 Å². The number of allylic oxidation sites excluding steroid dienone is 1. The van der Waals surface area contributed by atoms with Crippen LogP contribution in [-0.4, -0.2) is 27.7 Å². The molecule has 0 bridgehead atoms. The lowest BCUT2D eigenvalue weighted by Crippen LogP contribution is -2.28. The summed E-state index contributed by atoms with van der Waals surface area (Å²) in [5.74, 6) is -1.57. The molecule has 1 aliphatic heterocycles. The highest BCUT2D eigenvalue weighted by atomic mass is 32.2. The van der Waals surface area contributed by atoms with E-state index in [0.29, 0.717) is 16.2 Å². The third kappa shape index (κ3) is 5.27. The van der Waals surface area contributed by atoms with E-state index in [1.54, 1.807) is 13.8 Å². The zero-order valence-corrected chi connectivity index (χ0v) is 21.0. The van der Waals surface area contributed by atoms with Crippen LogP contribution < -0.4 is 5.73 Å². The Morgan fingerprint density at radius 3 is 2.65 bits per heavy atom. The van der Waals surface area contributed by atoms with Crippen molar-refractivity contribution in [1.29, 1.82) is 10.5 Å². The molecule has 4 rings (SSSR count). The number of thioether (sulfide) groups is 1. The van der Waals surface area contributed by atoms with Crippen LogP contribution in [0.5, 0.6) is 0 Å². The molecule has 1 unspecified atom stereocenters. The van der Waals surface area contributed by atoms with Gasteiger partial charge in [0.25, 0.3) is 5.69 Å². The van der Waals surface area contributed by atoms with Crippen molar-refractivity contribution >= 4 is 23.4 Å². The number of nitro benzene ring substituents is 1. The van der Waals surface area contributed by atoms with Crippen molar-refractivity contribution in [3.63, 3.8) is 0 Å². The van der Waals surface area contributed by atoms with E-state index in [2.05, 4.69) is 11.1 Å². The number of non-ortho nitro benzene ring substituents is 1. The van der Waals surface area contributed by atoms with Crippen molar-refractivity contribution in [3.05, 3.63) is 85.6 Å². The van der Waals surface area contributed by atoms with Gasteiger partial charge in [0.1, 0.15) is 28.5 Å². The number of rotatable bonds is 7. The third-order valence-corrected chi connectivity index (χ3v) is 6.96. The van der Waals surface area contributed by atoms with Gasteiger partial charge >= 0.3 is 5.97 Å². The number of carbonyl (C=O) groups is 1. The smallest absolute Gasteiger partial charge is 0.338 e. The molecule has 2 aromatic rings. The lowest BCUT2D eigenvalue weighted by molar-refractivity contribution is -0.384. The standard InChI is InChI=1S/C26H23N5O5S/c1-14(2)35-26(32)23-21(13-37-25-17(11-27)10-16-4-3-5-20(16)30-25)36-24(29)19(12-28)22(23)15-6-8-18(9-7-15)31(33)34/h6-10,14,22H,3-5,13,29H2,1-2H3. The second-order valence-electron chi connectivity index (χ2n) is 8.77. The maximum atomic E-state index is 13.3. The number of aromatic nitrogens is 1. The number of benzene rings is 1. The first kappa shape index (κ1) is 25.7. The van der Waals surface area contributed by atoms with Crippen LogP contribution >= 0.6 is 11.8 Å². The van der Waals surface area contributed by atoms with Crippen LogP contribution in [0.15, 0.2) is 58.1 Å². The van der Waals surface area contributed by atoms with Gasteiger partial charge < -0.3 is 15.2 Å². The highest BCUT2D eigenvalue weighted by Gasteiger charge is 2.38. The fraction of sp³-hybridized carbons (Fsp3) is 0.308. The number of hydrogen-bond donors (Lipinski definition) is 1. The molecular formula is C26H23N5O5S. The number of nitrogens with two attached hydrogens (primary N) is 1. The number of fused-ring (bicyclic) bond motifs is 1. The molecule has 2 heterocycles. The second kappa shape index (κ2) is 10.7. The van der Waals surface area contributed by atoms with Gasteiger partial charge in [0.05, 0.1) is 33.8 Å². The molecule has 1 aromatic heterocycles. The first-order valence-electron chi connectivity index (χ1n) is 11.5. The molecule has 0 saturated heterocycles. The van der Waals surface area contributed by atoms with Gasteiger partial charge in [-0.25, -0.2) is 9.78 Å². The van der Waals surface area contributed by atoms with E-state index < -0.39 is 22.9 Å². The maximum absolute atomic E-state index is 13.3. The number of pyridine rings is 1. The van der Waals surface area contributed by atoms with Gasteiger partial charge in [-0.15, -0.1) is 0 Å². The Kier molecular flexibility index (Phi) is 7.46. The average molecular weight is 518 g/mol. The SMILES string of the molecule is CC(C)OC(=O)C1=C(CSc2nc3c(cc2C#N)CCC3)OC(N)=C(C#N)C1c1ccc([N+](=O)[O-])cc1. The van der Waals surface area contributed by atoms with Crippen molar-refractivity contribution in [2.24, 2.45) is 5.73 Å². The Morgan fingerprint density at radius 2 is 2.03 bits per heavy atom. The molecule has 0 radical (unpaired) electrons. The molecule has 2 aliphatic rings. The largest absolute Gasteiger partial charge is 0.459 e. The van der Waals surface area contributed by atoms with E-state index in [9.17, 15) is 25.4 Å². The zero-order chi connectivity index (χ0) is 26.7. The van der Waals surface area contributed by atoms with Crippen LogP contribution in [0.4, 0.5) is 5.69 Å². The molecular weight excluding hydrogens is 494 g/mol. The van der Waals surface area contributed by atoms with E-state index >= 15 is 0 Å². The minimum atomic E-state index is -0.954. The Morgan fingerprint density at radius 1 is 1.30 bits per heavy atom. The molecule has 10 nitrogen and oxygen atoms in total. The van der Waals surface area contributed by atoms with E-state index in [1.807, 2.05) is 12.1 Å². The van der Waals surface area contributed by atoms with E-state index in [4.69, 9.17) is 15.2 Å². The fourth-order valence-electron chi connectivity index (χ4n) is 4.33. The van der Waals surface area contributed by atoms with Gasteiger partial charge in [-0.3, -0.25) is 10.1 Å². The monoisotopic (exact) mass is 517 g/mol. The fourth-order valence-corrected chi connectivity index (χ4v) is 5.24. The highest BCUT2D eigenvalue weighted by Crippen LogP contribution is 2.42. The van der Waals surface area contributed by atoms with Gasteiger partial charge in [-0.2, -0.15) is 10.5 Å². The molecule has 37 heavy (non-hydrogen) atoms. The normalized spacial score (nSPS) is 16.6. The Hall–Kier alpha value is -4.35. The summed E-state index contributed by atoms with van der Waals surface area (Å²) in [7, 11) is 0. The number of nitrogens with zero attached hydrogens (tertiary/aromatic N) is 4. The maximum Gasteiger partial charge on any atom is 0.338 e. The summed E-state index contributed by atoms with van der Waals surface area (Å²) < 4.78 is 11.3. The summed E-state index contributed by atoms with van der Waals surface area (Å²) in [5.41, 5.74) is 8.94. The number of carbonyl (C=O) groups excluding carboxylic acids is 1. The summed E-state index contributed by atoms with van der Waals surface area (Å²) in [5, 5.41) is 31.2. The predicted molar refractivity (Wildman–Crippen MR) is 134 cm³/mol. The topological polar surface area (TPSA) is 165 Å². The first-order valence-corrected chi connectivity index (χ1v) is 12.5. The average Bonchev–Trinajstić information content (AvgIpc) is 3.33. The minimum Gasteiger partial charge on any atom is -0.459 e. The minimum absolute atomic E-state index is 0.00770. The second-order valence-corrected chi connectivity index (χ2v) is 9.73. The van der Waals surface area contributed by atoms with Crippen LogP contribution in [-0.2, 0) is 27.1 Å². The molecule has 0 saturated carbocycles. The summed E-state index contributed by atoms with van der Waals surface area (Å²) >= 11 is 1.22. The Bertz CT molecular complexity index is 1420. The van der Waals surface area contributed by atoms with E-state index in [-0.39, 0.29) is 34.2 Å². The third-order valence-electron chi connectivity index (χ3n) is 5.97. The number of ether oxygens (including phenoxy) is 2. The number of aryl methyl sites for hydroxylation is 2. The summed E-state index contributed by atoms with van der Waals surface area (Å²) in [6, 6.07) is 11.6. The quantitative estimate of drug-likeness (QED) is 0.244. The number of nitriles is 2. The van der Waals surface area contributed by atoms with Gasteiger partial charge in [0.15, 0.2) is 0 Å². The molecule has 1 aliphatic carbocycles. The zero-order valence-electron chi connectivity index (χ0n) is 20.2. The van der Waals surface area contributed by atoms with Crippen molar-refractivity contribution in [3.8, 4) is 12.1 Å². The number of hydrogen-bond acceptors (Lipinski definition) is 10. The molecule has 2 N–H and O–H groups in total. The van der Waals surface area contributed by atoms with E-state index in [1.165, 1.54) is 36.0 Å². The number of nitro groups is 1. The first-order chi connectivity index (χ1) is 17.7. The molecule has 1 aromatic carbocycles. The van der Waals surface area contributed by atoms with Crippen molar-refractivity contribution < 1.29 is 19.2 Å². The summed E-state index contributed by atoms with van der Waals surface area (Å²) in [6.45, 7) is 3.39. The van der Waals surface area contributed by atoms with E-state index in [0.717, 1.165) is 30.5 Å². The Balaban J connectivity index is 1.78. The van der Waals surface area contributed by atoms with Crippen LogP contribution in [0.3, 0.4) is 0 Å². The molecule has 0 amide bonds. The summed E-state index contributed by atoms with van der Waals surface area (Å²) in [4.78, 5) is 28.6. The molecule has 11 heteroatoms. The molecule has 0 fully saturated rings. The van der Waals surface area contributed by atoms with Gasteiger partial charge in [0.2, 0.25) is 5.88 Å². The highest BCUT2D eigenvalue weighted by molar-refractivity contribution is 7.99. The van der Waals surface area contributed by atoms with Crippen molar-refractivity contribution in [2.45, 2.75) is 50.2 Å². The number of esters is 1. The van der Waals surface area contributed by atoms with Crippen LogP contribution in [0.25, 0.3) is 0 Å². The molecule has 0 spiro atoms. The predicted octanol–water partition coefficient (Wildman–Crippen LogP) is 4.16. The van der Waals surface area contributed by atoms with Gasteiger partial charge in [0, 0.05) is 17.8 Å². The summed E-state index contributed by atoms with van der Waals surface area (Å²) in [6.07, 6.45) is 2.25.